The summed E-state index contributed by atoms with van der Waals surface area (Å²) < 4.78 is 20.1. The van der Waals surface area contributed by atoms with Crippen LogP contribution in [-0.4, -0.2) is 46.3 Å². The smallest absolute Gasteiger partial charge is 0.310 e. The number of aromatic nitrogens is 2. The number of carbonyl (C=O) groups excluding carboxylic acids is 2. The van der Waals surface area contributed by atoms with Gasteiger partial charge < -0.3 is 9.64 Å². The molecule has 1 aliphatic heterocycles. The van der Waals surface area contributed by atoms with Crippen LogP contribution < -0.4 is 0 Å². The summed E-state index contributed by atoms with van der Waals surface area (Å²) in [5.74, 6) is -1.07. The number of hydrogen-bond acceptors (Lipinski definition) is 4. The monoisotopic (exact) mass is 359 g/mol. The van der Waals surface area contributed by atoms with Crippen molar-refractivity contribution < 1.29 is 18.7 Å². The molecule has 3 rings (SSSR count). The second-order valence-corrected chi connectivity index (χ2v) is 6.38. The lowest BCUT2D eigenvalue weighted by atomic mass is 9.97. The number of amides is 1. The fourth-order valence-electron chi connectivity index (χ4n) is 3.27. The fraction of sp³-hybridized carbons (Fsp3) is 0.421. The zero-order valence-electron chi connectivity index (χ0n) is 14.9. The second kappa shape index (κ2) is 7.68. The first-order valence-electron chi connectivity index (χ1n) is 8.77. The minimum atomic E-state index is -0.362. The molecule has 138 valence electrons. The molecule has 1 aromatic carbocycles. The number of benzene rings is 1. The largest absolute Gasteiger partial charge is 0.466 e. The van der Waals surface area contributed by atoms with E-state index in [0.717, 1.165) is 12.8 Å². The van der Waals surface area contributed by atoms with E-state index >= 15 is 0 Å². The highest BCUT2D eigenvalue weighted by atomic mass is 19.1. The van der Waals surface area contributed by atoms with E-state index < -0.39 is 0 Å². The third-order valence-corrected chi connectivity index (χ3v) is 4.62. The van der Waals surface area contributed by atoms with Gasteiger partial charge in [-0.25, -0.2) is 9.07 Å². The summed E-state index contributed by atoms with van der Waals surface area (Å²) in [6.07, 6.45) is 2.98. The van der Waals surface area contributed by atoms with E-state index in [-0.39, 0.29) is 23.6 Å². The Morgan fingerprint density at radius 1 is 1.38 bits per heavy atom. The molecule has 2 heterocycles. The molecule has 0 N–H and O–H groups in total. The van der Waals surface area contributed by atoms with E-state index in [9.17, 15) is 14.0 Å². The molecule has 0 saturated carbocycles. The Balaban J connectivity index is 1.79. The Morgan fingerprint density at radius 2 is 2.19 bits per heavy atom. The number of halogens is 1. The number of hydrogen-bond donors (Lipinski definition) is 0. The van der Waals surface area contributed by atoms with E-state index in [1.165, 1.54) is 18.3 Å². The summed E-state index contributed by atoms with van der Waals surface area (Å²) in [4.78, 5) is 26.6. The summed E-state index contributed by atoms with van der Waals surface area (Å²) in [7, 11) is 0. The van der Waals surface area contributed by atoms with Gasteiger partial charge in [0.05, 0.1) is 35.7 Å². The number of esters is 1. The first-order chi connectivity index (χ1) is 12.5. The minimum Gasteiger partial charge on any atom is -0.466 e. The number of rotatable bonds is 4. The molecular weight excluding hydrogens is 337 g/mol. The standard InChI is InChI=1S/C19H22FN3O3/c1-3-26-19(25)14-6-5-9-22(12-14)18(24)17-11-21-23(13(17)2)16-8-4-7-15(20)10-16/h4,7-8,10-11,14H,3,5-6,9,12H2,1-2H3/t14-/m0/s1. The van der Waals surface area contributed by atoms with E-state index in [2.05, 4.69) is 5.10 Å². The Labute approximate surface area is 151 Å². The van der Waals surface area contributed by atoms with Crippen molar-refractivity contribution in [3.8, 4) is 5.69 Å². The quantitative estimate of drug-likeness (QED) is 0.788. The van der Waals surface area contributed by atoms with Crippen molar-refractivity contribution in [1.29, 1.82) is 0 Å². The highest BCUT2D eigenvalue weighted by Gasteiger charge is 2.31. The zero-order valence-corrected chi connectivity index (χ0v) is 14.9. The van der Waals surface area contributed by atoms with Crippen molar-refractivity contribution in [3.63, 3.8) is 0 Å². The molecule has 0 spiro atoms. The van der Waals surface area contributed by atoms with Gasteiger partial charge in [-0.2, -0.15) is 5.10 Å². The number of carbonyl (C=O) groups is 2. The lowest BCUT2D eigenvalue weighted by Crippen LogP contribution is -2.43. The zero-order chi connectivity index (χ0) is 18.7. The van der Waals surface area contributed by atoms with Gasteiger partial charge in [0.25, 0.3) is 5.91 Å². The maximum Gasteiger partial charge on any atom is 0.310 e. The molecule has 1 saturated heterocycles. The predicted octanol–water partition coefficient (Wildman–Crippen LogP) is 2.74. The first kappa shape index (κ1) is 18.1. The number of ether oxygens (including phenoxy) is 1. The second-order valence-electron chi connectivity index (χ2n) is 6.38. The molecule has 1 atom stereocenters. The maximum atomic E-state index is 13.5. The number of likely N-dealkylation sites (tertiary alicyclic amines) is 1. The maximum absolute atomic E-state index is 13.5. The van der Waals surface area contributed by atoms with Gasteiger partial charge in [0.15, 0.2) is 0 Å². The molecule has 7 heteroatoms. The van der Waals surface area contributed by atoms with Crippen LogP contribution >= 0.6 is 0 Å². The van der Waals surface area contributed by atoms with E-state index in [1.54, 1.807) is 35.6 Å². The van der Waals surface area contributed by atoms with Crippen LogP contribution in [0, 0.1) is 18.7 Å². The van der Waals surface area contributed by atoms with Crippen LogP contribution in [0.5, 0.6) is 0 Å². The van der Waals surface area contributed by atoms with Gasteiger partial charge in [-0.05, 0) is 44.9 Å². The van der Waals surface area contributed by atoms with Crippen LogP contribution in [0.25, 0.3) is 5.69 Å². The molecule has 1 aromatic heterocycles. The molecule has 0 bridgehead atoms. The summed E-state index contributed by atoms with van der Waals surface area (Å²) in [5, 5.41) is 4.24. The van der Waals surface area contributed by atoms with Crippen molar-refractivity contribution in [2.45, 2.75) is 26.7 Å². The van der Waals surface area contributed by atoms with E-state index in [1.807, 2.05) is 0 Å². The molecule has 1 amide bonds. The van der Waals surface area contributed by atoms with Crippen LogP contribution in [0.4, 0.5) is 4.39 Å². The van der Waals surface area contributed by atoms with Crippen LogP contribution in [0.3, 0.4) is 0 Å². The molecule has 2 aromatic rings. The van der Waals surface area contributed by atoms with E-state index in [4.69, 9.17) is 4.74 Å². The summed E-state index contributed by atoms with van der Waals surface area (Å²) in [6.45, 7) is 4.83. The predicted molar refractivity (Wildman–Crippen MR) is 93.5 cm³/mol. The summed E-state index contributed by atoms with van der Waals surface area (Å²) in [6, 6.07) is 6.06. The van der Waals surface area contributed by atoms with Gasteiger partial charge in [0.2, 0.25) is 0 Å². The Bertz CT molecular complexity index is 818. The molecule has 0 aliphatic carbocycles. The average molecular weight is 359 g/mol. The van der Waals surface area contributed by atoms with Gasteiger partial charge in [0.1, 0.15) is 5.82 Å². The average Bonchev–Trinajstić information content (AvgIpc) is 3.03. The topological polar surface area (TPSA) is 64.4 Å². The minimum absolute atomic E-state index is 0.167. The Kier molecular flexibility index (Phi) is 5.35. The molecule has 6 nitrogen and oxygen atoms in total. The van der Waals surface area contributed by atoms with Crippen molar-refractivity contribution in [2.75, 3.05) is 19.7 Å². The molecule has 1 fully saturated rings. The highest BCUT2D eigenvalue weighted by Crippen LogP contribution is 2.22. The number of nitrogens with zero attached hydrogens (tertiary/aromatic N) is 3. The van der Waals surface area contributed by atoms with Crippen LogP contribution in [-0.2, 0) is 9.53 Å². The lowest BCUT2D eigenvalue weighted by molar-refractivity contribution is -0.149. The Morgan fingerprint density at radius 3 is 2.92 bits per heavy atom. The third-order valence-electron chi connectivity index (χ3n) is 4.62. The highest BCUT2D eigenvalue weighted by molar-refractivity contribution is 5.95. The molecule has 0 radical (unpaired) electrons. The third kappa shape index (κ3) is 3.61. The van der Waals surface area contributed by atoms with E-state index in [0.29, 0.717) is 36.6 Å². The molecule has 1 aliphatic rings. The fourth-order valence-corrected chi connectivity index (χ4v) is 3.27. The van der Waals surface area contributed by atoms with Gasteiger partial charge in [-0.3, -0.25) is 9.59 Å². The SMILES string of the molecule is CCOC(=O)[C@H]1CCCN(C(=O)c2cnn(-c3cccc(F)c3)c2C)C1. The van der Waals surface area contributed by atoms with Gasteiger partial charge in [0, 0.05) is 13.1 Å². The van der Waals surface area contributed by atoms with Gasteiger partial charge >= 0.3 is 5.97 Å². The Hall–Kier alpha value is -2.70. The van der Waals surface area contributed by atoms with Crippen molar-refractivity contribution >= 4 is 11.9 Å². The molecular formula is C19H22FN3O3. The summed E-state index contributed by atoms with van der Waals surface area (Å²) >= 11 is 0. The first-order valence-corrected chi connectivity index (χ1v) is 8.77. The van der Waals surface area contributed by atoms with Crippen LogP contribution in [0.2, 0.25) is 0 Å². The van der Waals surface area contributed by atoms with Crippen molar-refractivity contribution in [1.82, 2.24) is 14.7 Å². The van der Waals surface area contributed by atoms with Gasteiger partial charge in [-0.1, -0.05) is 6.07 Å². The molecule has 26 heavy (non-hydrogen) atoms. The van der Waals surface area contributed by atoms with Gasteiger partial charge in [-0.15, -0.1) is 0 Å². The normalized spacial score (nSPS) is 17.2. The van der Waals surface area contributed by atoms with Crippen molar-refractivity contribution in [2.24, 2.45) is 5.92 Å². The molecule has 0 unspecified atom stereocenters. The van der Waals surface area contributed by atoms with Crippen molar-refractivity contribution in [3.05, 3.63) is 47.5 Å². The summed E-state index contributed by atoms with van der Waals surface area (Å²) in [5.41, 5.74) is 1.65. The van der Waals surface area contributed by atoms with Crippen LogP contribution in [0.15, 0.2) is 30.5 Å². The lowest BCUT2D eigenvalue weighted by Gasteiger charge is -2.31. The number of piperidine rings is 1. The van der Waals surface area contributed by atoms with Crippen LogP contribution in [0.1, 0.15) is 35.8 Å².